The van der Waals surface area contributed by atoms with E-state index in [1.807, 2.05) is 27.8 Å². The van der Waals surface area contributed by atoms with Gasteiger partial charge in [0, 0.05) is 30.0 Å². The van der Waals surface area contributed by atoms with Gasteiger partial charge in [-0.05, 0) is 43.1 Å². The Hall–Kier alpha value is -2.72. The predicted octanol–water partition coefficient (Wildman–Crippen LogP) is 8.08. The molecule has 0 spiro atoms. The van der Waals surface area contributed by atoms with Gasteiger partial charge in [-0.1, -0.05) is 72.1 Å². The Labute approximate surface area is 228 Å². The van der Waals surface area contributed by atoms with Crippen LogP contribution in [0.3, 0.4) is 0 Å². The molecule has 0 unspecified atom stereocenters. The fraction of sp³-hybridized carbons (Fsp3) is 0.677. The second-order valence-corrected chi connectivity index (χ2v) is 12.3. The van der Waals surface area contributed by atoms with Gasteiger partial charge in [-0.2, -0.15) is 10.4 Å². The van der Waals surface area contributed by atoms with Gasteiger partial charge in [0.2, 0.25) is 0 Å². The number of unbranched alkanes of at least 4 members (excludes halogenated alkanes) is 8. The minimum Gasteiger partial charge on any atom is -0.361 e. The third-order valence-electron chi connectivity index (χ3n) is 7.68. The molecule has 0 amide bonds. The Morgan fingerprint density at radius 2 is 1.74 bits per heavy atom. The average Bonchev–Trinajstić information content (AvgIpc) is 3.46. The summed E-state index contributed by atoms with van der Waals surface area (Å²) in [5, 5.41) is 14.8. The van der Waals surface area contributed by atoms with Gasteiger partial charge in [-0.15, -0.1) is 0 Å². The first-order chi connectivity index (χ1) is 18.5. The first-order valence-electron chi connectivity index (χ1n) is 14.8. The minimum absolute atomic E-state index is 0.160. The van der Waals surface area contributed by atoms with Crippen molar-refractivity contribution >= 4 is 11.0 Å². The molecule has 1 atom stereocenters. The SMILES string of the molecule is CC(C)(C)CCCCCCCCCCCOCn1ccc2c(-c3cnn([C@H](CC#N)C4CC4)c3)ncnc21. The van der Waals surface area contributed by atoms with Crippen molar-refractivity contribution in [2.75, 3.05) is 6.61 Å². The van der Waals surface area contributed by atoms with Gasteiger partial charge in [0.25, 0.3) is 0 Å². The Morgan fingerprint density at radius 3 is 2.42 bits per heavy atom. The lowest BCUT2D eigenvalue weighted by Crippen LogP contribution is -2.10. The van der Waals surface area contributed by atoms with Crippen molar-refractivity contribution < 1.29 is 4.74 Å². The summed E-state index contributed by atoms with van der Waals surface area (Å²) in [5.74, 6) is 0.569. The third-order valence-corrected chi connectivity index (χ3v) is 7.68. The molecule has 1 aliphatic carbocycles. The van der Waals surface area contributed by atoms with Crippen LogP contribution in [0, 0.1) is 22.7 Å². The predicted molar refractivity (Wildman–Crippen MR) is 152 cm³/mol. The van der Waals surface area contributed by atoms with E-state index >= 15 is 0 Å². The summed E-state index contributed by atoms with van der Waals surface area (Å²) in [6.07, 6.45) is 23.6. The second-order valence-electron chi connectivity index (χ2n) is 12.3. The van der Waals surface area contributed by atoms with Crippen LogP contribution in [0.1, 0.15) is 110 Å². The molecule has 0 N–H and O–H groups in total. The molecule has 1 aliphatic rings. The smallest absolute Gasteiger partial charge is 0.145 e. The molecule has 0 aliphatic heterocycles. The maximum atomic E-state index is 9.22. The monoisotopic (exact) mass is 518 g/mol. The number of hydrogen-bond donors (Lipinski definition) is 0. The Bertz CT molecular complexity index is 1160. The highest BCUT2D eigenvalue weighted by Gasteiger charge is 2.33. The molecule has 1 saturated carbocycles. The summed E-state index contributed by atoms with van der Waals surface area (Å²) in [6.45, 7) is 8.29. The molecule has 3 heterocycles. The quantitative estimate of drug-likeness (QED) is 0.169. The van der Waals surface area contributed by atoms with Crippen LogP contribution in [0.5, 0.6) is 0 Å². The summed E-state index contributed by atoms with van der Waals surface area (Å²) >= 11 is 0. The van der Waals surface area contributed by atoms with Gasteiger partial charge in [0.1, 0.15) is 18.7 Å². The second kappa shape index (κ2) is 13.9. The number of nitriles is 1. The van der Waals surface area contributed by atoms with Gasteiger partial charge >= 0.3 is 0 Å². The highest BCUT2D eigenvalue weighted by atomic mass is 16.5. The maximum Gasteiger partial charge on any atom is 0.145 e. The molecule has 206 valence electrons. The van der Waals surface area contributed by atoms with Crippen LogP contribution in [0.25, 0.3) is 22.3 Å². The largest absolute Gasteiger partial charge is 0.361 e. The number of aromatic nitrogens is 5. The molecule has 0 aromatic carbocycles. The average molecular weight is 519 g/mol. The van der Waals surface area contributed by atoms with E-state index in [0.29, 0.717) is 24.5 Å². The van der Waals surface area contributed by atoms with Crippen molar-refractivity contribution in [1.82, 2.24) is 24.3 Å². The molecule has 7 nitrogen and oxygen atoms in total. The number of nitrogens with zero attached hydrogens (tertiary/aromatic N) is 6. The van der Waals surface area contributed by atoms with Crippen LogP contribution < -0.4 is 0 Å². The number of fused-ring (bicyclic) bond motifs is 1. The van der Waals surface area contributed by atoms with E-state index in [4.69, 9.17) is 4.74 Å². The first-order valence-corrected chi connectivity index (χ1v) is 14.8. The molecule has 38 heavy (non-hydrogen) atoms. The fourth-order valence-electron chi connectivity index (χ4n) is 5.29. The van der Waals surface area contributed by atoms with E-state index in [-0.39, 0.29) is 6.04 Å². The van der Waals surface area contributed by atoms with Gasteiger partial charge in [-0.3, -0.25) is 4.68 Å². The molecule has 0 saturated heterocycles. The number of hydrogen-bond acceptors (Lipinski definition) is 5. The van der Waals surface area contributed by atoms with Crippen LogP contribution in [-0.4, -0.2) is 30.9 Å². The molecular weight excluding hydrogens is 472 g/mol. The zero-order valence-electron chi connectivity index (χ0n) is 23.7. The fourth-order valence-corrected chi connectivity index (χ4v) is 5.29. The van der Waals surface area contributed by atoms with Crippen LogP contribution in [0.4, 0.5) is 0 Å². The van der Waals surface area contributed by atoms with E-state index in [1.165, 1.54) is 70.6 Å². The highest BCUT2D eigenvalue weighted by Crippen LogP contribution is 2.41. The van der Waals surface area contributed by atoms with E-state index in [9.17, 15) is 5.26 Å². The van der Waals surface area contributed by atoms with E-state index in [1.54, 1.807) is 6.33 Å². The lowest BCUT2D eigenvalue weighted by Gasteiger charge is -2.17. The summed E-state index contributed by atoms with van der Waals surface area (Å²) in [7, 11) is 0. The van der Waals surface area contributed by atoms with Gasteiger partial charge < -0.3 is 9.30 Å². The topological polar surface area (TPSA) is 81.5 Å². The molecule has 1 fully saturated rings. The lowest BCUT2D eigenvalue weighted by molar-refractivity contribution is 0.0763. The number of rotatable bonds is 17. The molecule has 3 aromatic heterocycles. The van der Waals surface area contributed by atoms with Crippen molar-refractivity contribution in [3.8, 4) is 17.3 Å². The van der Waals surface area contributed by atoms with Gasteiger partial charge in [-0.25, -0.2) is 9.97 Å². The normalized spacial score (nSPS) is 14.7. The van der Waals surface area contributed by atoms with Crippen LogP contribution in [0.15, 0.2) is 31.0 Å². The first kappa shape index (κ1) is 28.3. The molecule has 7 heteroatoms. The van der Waals surface area contributed by atoms with Crippen molar-refractivity contribution in [3.63, 3.8) is 0 Å². The molecule has 0 radical (unpaired) electrons. The van der Waals surface area contributed by atoms with E-state index < -0.39 is 0 Å². The molecular formula is C31H46N6O. The zero-order valence-corrected chi connectivity index (χ0v) is 23.7. The molecule has 4 rings (SSSR count). The summed E-state index contributed by atoms with van der Waals surface area (Å²) < 4.78 is 9.99. The Morgan fingerprint density at radius 1 is 1.03 bits per heavy atom. The van der Waals surface area contributed by atoms with E-state index in [0.717, 1.165) is 35.3 Å². The van der Waals surface area contributed by atoms with Crippen LogP contribution >= 0.6 is 0 Å². The number of ether oxygens (including phenoxy) is 1. The highest BCUT2D eigenvalue weighted by molar-refractivity contribution is 5.90. The van der Waals surface area contributed by atoms with Crippen molar-refractivity contribution in [2.45, 2.75) is 117 Å². The maximum absolute atomic E-state index is 9.22. The zero-order chi connectivity index (χ0) is 26.8. The molecule has 3 aromatic rings. The van der Waals surface area contributed by atoms with Crippen LogP contribution in [0.2, 0.25) is 0 Å². The van der Waals surface area contributed by atoms with Crippen molar-refractivity contribution in [2.24, 2.45) is 11.3 Å². The minimum atomic E-state index is 0.160. The lowest BCUT2D eigenvalue weighted by atomic mass is 9.89. The summed E-state index contributed by atoms with van der Waals surface area (Å²) in [6, 6.07) is 4.54. The summed E-state index contributed by atoms with van der Waals surface area (Å²) in [4.78, 5) is 9.09. The third kappa shape index (κ3) is 8.39. The van der Waals surface area contributed by atoms with Gasteiger partial charge in [0.15, 0.2) is 0 Å². The molecule has 0 bridgehead atoms. The van der Waals surface area contributed by atoms with Crippen molar-refractivity contribution in [1.29, 1.82) is 5.26 Å². The van der Waals surface area contributed by atoms with Crippen molar-refractivity contribution in [3.05, 3.63) is 31.0 Å². The van der Waals surface area contributed by atoms with Gasteiger partial charge in [0.05, 0.1) is 30.4 Å². The Balaban J connectivity index is 1.15. The summed E-state index contributed by atoms with van der Waals surface area (Å²) in [5.41, 5.74) is 3.20. The van der Waals surface area contributed by atoms with Crippen LogP contribution in [-0.2, 0) is 11.5 Å². The Kier molecular flexibility index (Phi) is 10.3. The standard InChI is InChI=1S/C31H46N6O/c1-31(2,3)17-11-9-7-5-4-6-8-10-12-20-38-24-36-19-16-27-29(33-23-34-30(27)36)26-21-35-37(22-26)28(15-18-32)25-13-14-25/h16,19,21-23,25,28H,4-15,17,20,24H2,1-3H3/t28-/m1/s1. The van der Waals surface area contributed by atoms with E-state index in [2.05, 4.69) is 48.0 Å².